The monoisotopic (exact) mass is 337 g/mol. The van der Waals surface area contributed by atoms with E-state index in [1.807, 2.05) is 6.92 Å². The average Bonchev–Trinajstić information content (AvgIpc) is 3.01. The Balaban J connectivity index is 2.05. The van der Waals surface area contributed by atoms with Gasteiger partial charge in [0, 0.05) is 11.4 Å². The standard InChI is InChI=1S/C11H16BrNO2S2/c1-7(9-3-4-9)6-13-17(14,15)10-5-11(12)16-8(10)2/h5,7,9,13H,3-4,6H2,1-2H3. The van der Waals surface area contributed by atoms with Gasteiger partial charge >= 0.3 is 0 Å². The summed E-state index contributed by atoms with van der Waals surface area (Å²) in [7, 11) is -3.34. The van der Waals surface area contributed by atoms with Crippen molar-refractivity contribution in [2.24, 2.45) is 11.8 Å². The Hall–Kier alpha value is 0.0900. The molecular formula is C11H16BrNO2S2. The van der Waals surface area contributed by atoms with E-state index in [9.17, 15) is 8.42 Å². The minimum absolute atomic E-state index is 0.400. The van der Waals surface area contributed by atoms with Crippen molar-refractivity contribution < 1.29 is 8.42 Å². The van der Waals surface area contributed by atoms with E-state index in [4.69, 9.17) is 0 Å². The fourth-order valence-corrected chi connectivity index (χ4v) is 5.40. The van der Waals surface area contributed by atoms with Gasteiger partial charge < -0.3 is 0 Å². The highest BCUT2D eigenvalue weighted by molar-refractivity contribution is 9.11. The Morgan fingerprint density at radius 2 is 2.24 bits per heavy atom. The van der Waals surface area contributed by atoms with Crippen LogP contribution in [0.15, 0.2) is 14.7 Å². The number of thiophene rings is 1. The van der Waals surface area contributed by atoms with Crippen molar-refractivity contribution in [3.63, 3.8) is 0 Å². The zero-order valence-corrected chi connectivity index (χ0v) is 13.1. The third-order valence-electron chi connectivity index (χ3n) is 3.15. The van der Waals surface area contributed by atoms with Gasteiger partial charge in [-0.05, 0) is 53.6 Å². The molecule has 0 radical (unpaired) electrons. The third kappa shape index (κ3) is 3.30. The van der Waals surface area contributed by atoms with E-state index in [0.29, 0.717) is 23.3 Å². The summed E-state index contributed by atoms with van der Waals surface area (Å²) < 4.78 is 27.7. The van der Waals surface area contributed by atoms with Gasteiger partial charge in [0.2, 0.25) is 10.0 Å². The van der Waals surface area contributed by atoms with Crippen LogP contribution in [0.2, 0.25) is 0 Å². The van der Waals surface area contributed by atoms with Crippen LogP contribution in [0.5, 0.6) is 0 Å². The molecule has 1 heterocycles. The second-order valence-electron chi connectivity index (χ2n) is 4.64. The Labute approximate surface area is 115 Å². The van der Waals surface area contributed by atoms with Crippen LogP contribution in [0, 0.1) is 18.8 Å². The van der Waals surface area contributed by atoms with Crippen molar-refractivity contribution >= 4 is 37.3 Å². The summed E-state index contributed by atoms with van der Waals surface area (Å²) in [4.78, 5) is 1.22. The van der Waals surface area contributed by atoms with Crippen LogP contribution in [0.3, 0.4) is 0 Å². The summed E-state index contributed by atoms with van der Waals surface area (Å²) >= 11 is 4.76. The fourth-order valence-electron chi connectivity index (χ4n) is 1.85. The summed E-state index contributed by atoms with van der Waals surface area (Å²) in [6.07, 6.45) is 2.48. The Morgan fingerprint density at radius 3 is 2.71 bits per heavy atom. The molecule has 1 saturated carbocycles. The number of hydrogen-bond acceptors (Lipinski definition) is 3. The quantitative estimate of drug-likeness (QED) is 0.896. The summed E-state index contributed by atoms with van der Waals surface area (Å²) in [5.41, 5.74) is 0. The molecule has 0 bridgehead atoms. The molecule has 17 heavy (non-hydrogen) atoms. The van der Waals surface area contributed by atoms with E-state index in [2.05, 4.69) is 27.6 Å². The predicted octanol–water partition coefficient (Wildman–Crippen LogP) is 3.14. The lowest BCUT2D eigenvalue weighted by Gasteiger charge is -2.11. The number of sulfonamides is 1. The third-order valence-corrected chi connectivity index (χ3v) is 6.39. The first-order valence-electron chi connectivity index (χ1n) is 5.66. The lowest BCUT2D eigenvalue weighted by molar-refractivity contribution is 0.492. The van der Waals surface area contributed by atoms with Crippen molar-refractivity contribution in [2.45, 2.75) is 31.6 Å². The first kappa shape index (κ1) is 13.5. The largest absolute Gasteiger partial charge is 0.241 e. The van der Waals surface area contributed by atoms with Gasteiger partial charge in [0.1, 0.15) is 0 Å². The Bertz CT molecular complexity index is 506. The molecule has 0 aliphatic heterocycles. The zero-order valence-electron chi connectivity index (χ0n) is 9.86. The molecule has 0 amide bonds. The molecule has 1 aliphatic carbocycles. The van der Waals surface area contributed by atoms with Crippen LogP contribution >= 0.6 is 27.3 Å². The highest BCUT2D eigenvalue weighted by Gasteiger charge is 2.29. The molecule has 1 aromatic rings. The highest BCUT2D eigenvalue weighted by Crippen LogP contribution is 2.36. The van der Waals surface area contributed by atoms with E-state index >= 15 is 0 Å². The average molecular weight is 338 g/mol. The number of halogens is 1. The van der Waals surface area contributed by atoms with Gasteiger partial charge in [0.15, 0.2) is 0 Å². The van der Waals surface area contributed by atoms with Crippen LogP contribution in [-0.2, 0) is 10.0 Å². The number of nitrogens with one attached hydrogen (secondary N) is 1. The smallest absolute Gasteiger partial charge is 0.211 e. The molecule has 1 unspecified atom stereocenters. The normalized spacial score (nSPS) is 18.3. The van der Waals surface area contributed by atoms with Crippen LogP contribution in [0.4, 0.5) is 0 Å². The first-order valence-corrected chi connectivity index (χ1v) is 8.75. The second-order valence-corrected chi connectivity index (χ2v) is 9.01. The highest BCUT2D eigenvalue weighted by atomic mass is 79.9. The van der Waals surface area contributed by atoms with Crippen molar-refractivity contribution in [1.29, 1.82) is 0 Å². The summed E-state index contributed by atoms with van der Waals surface area (Å²) in [6.45, 7) is 4.48. The molecule has 1 aromatic heterocycles. The van der Waals surface area contributed by atoms with E-state index in [1.54, 1.807) is 6.07 Å². The van der Waals surface area contributed by atoms with E-state index in [-0.39, 0.29) is 0 Å². The van der Waals surface area contributed by atoms with Crippen LogP contribution < -0.4 is 4.72 Å². The van der Waals surface area contributed by atoms with Crippen LogP contribution in [-0.4, -0.2) is 15.0 Å². The molecule has 96 valence electrons. The van der Waals surface area contributed by atoms with Gasteiger partial charge in [-0.2, -0.15) is 0 Å². The molecule has 0 aromatic carbocycles. The molecule has 0 spiro atoms. The molecule has 1 fully saturated rings. The van der Waals surface area contributed by atoms with Gasteiger partial charge in [-0.1, -0.05) is 6.92 Å². The van der Waals surface area contributed by atoms with Gasteiger partial charge in [0.25, 0.3) is 0 Å². The number of hydrogen-bond donors (Lipinski definition) is 1. The van der Waals surface area contributed by atoms with E-state index in [1.165, 1.54) is 24.2 Å². The first-order chi connectivity index (χ1) is 7.90. The molecule has 1 atom stereocenters. The number of aryl methyl sites for hydroxylation is 1. The van der Waals surface area contributed by atoms with Crippen LogP contribution in [0.1, 0.15) is 24.6 Å². The van der Waals surface area contributed by atoms with E-state index in [0.717, 1.165) is 8.66 Å². The second kappa shape index (κ2) is 4.99. The topological polar surface area (TPSA) is 46.2 Å². The Morgan fingerprint density at radius 1 is 1.59 bits per heavy atom. The lowest BCUT2D eigenvalue weighted by atomic mass is 10.1. The van der Waals surface area contributed by atoms with Crippen molar-refractivity contribution in [1.82, 2.24) is 4.72 Å². The maximum atomic E-state index is 12.1. The van der Waals surface area contributed by atoms with Crippen molar-refractivity contribution in [3.8, 4) is 0 Å². The van der Waals surface area contributed by atoms with Crippen LogP contribution in [0.25, 0.3) is 0 Å². The fraction of sp³-hybridized carbons (Fsp3) is 0.636. The van der Waals surface area contributed by atoms with Crippen molar-refractivity contribution in [3.05, 3.63) is 14.7 Å². The predicted molar refractivity (Wildman–Crippen MR) is 73.8 cm³/mol. The van der Waals surface area contributed by atoms with Gasteiger partial charge in [-0.15, -0.1) is 11.3 Å². The summed E-state index contributed by atoms with van der Waals surface area (Å²) in [5.74, 6) is 1.15. The van der Waals surface area contributed by atoms with Crippen molar-refractivity contribution in [2.75, 3.05) is 6.54 Å². The van der Waals surface area contributed by atoms with E-state index < -0.39 is 10.0 Å². The molecule has 1 N–H and O–H groups in total. The Kier molecular flexibility index (Phi) is 3.97. The zero-order chi connectivity index (χ0) is 12.6. The van der Waals surface area contributed by atoms with Gasteiger partial charge in [0.05, 0.1) is 8.68 Å². The minimum Gasteiger partial charge on any atom is -0.211 e. The molecular weight excluding hydrogens is 322 g/mol. The SMILES string of the molecule is Cc1sc(Br)cc1S(=O)(=O)NCC(C)C1CC1. The molecule has 0 saturated heterocycles. The summed E-state index contributed by atoms with van der Waals surface area (Å²) in [6, 6.07) is 1.67. The molecule has 2 rings (SSSR count). The van der Waals surface area contributed by atoms with Gasteiger partial charge in [-0.25, -0.2) is 13.1 Å². The minimum atomic E-state index is -3.34. The lowest BCUT2D eigenvalue weighted by Crippen LogP contribution is -2.29. The molecule has 3 nitrogen and oxygen atoms in total. The summed E-state index contributed by atoms with van der Waals surface area (Å²) in [5, 5.41) is 0. The van der Waals surface area contributed by atoms with Gasteiger partial charge in [-0.3, -0.25) is 0 Å². The maximum Gasteiger partial charge on any atom is 0.241 e. The molecule has 1 aliphatic rings. The number of rotatable bonds is 5. The molecule has 6 heteroatoms. The maximum absolute atomic E-state index is 12.1.